The molecule has 0 radical (unpaired) electrons. The quantitative estimate of drug-likeness (QED) is 0.0356. The van der Waals surface area contributed by atoms with Gasteiger partial charge in [0.1, 0.15) is 43.2 Å². The molecule has 264 valence electrons. The number of carbonyl (C=O) groups is 2. The first-order valence-electron chi connectivity index (χ1n) is 16.5. The Labute approximate surface area is 267 Å². The maximum Gasteiger partial charge on any atom is 0.472 e. The highest BCUT2D eigenvalue weighted by Gasteiger charge is 2.51. The van der Waals surface area contributed by atoms with Crippen molar-refractivity contribution >= 4 is 19.8 Å². The van der Waals surface area contributed by atoms with Crippen molar-refractivity contribution in [1.29, 1.82) is 0 Å². The first-order valence-corrected chi connectivity index (χ1v) is 18.0. The number of carbonyl (C=O) groups excluding carboxylic acids is 2. The predicted molar refractivity (Wildman–Crippen MR) is 166 cm³/mol. The fourth-order valence-corrected chi connectivity index (χ4v) is 5.76. The molecule has 0 spiro atoms. The number of aliphatic hydroxyl groups excluding tert-OH is 5. The van der Waals surface area contributed by atoms with Crippen LogP contribution < -0.4 is 0 Å². The Morgan fingerprint density at radius 2 is 1.16 bits per heavy atom. The number of hydrogen-bond donors (Lipinski definition) is 6. The van der Waals surface area contributed by atoms with Crippen LogP contribution in [0.5, 0.6) is 0 Å². The van der Waals surface area contributed by atoms with Crippen LogP contribution >= 0.6 is 7.82 Å². The standard InChI is InChI=1S/C31H57O13P/c1-3-5-7-8-9-10-11-12-13-14-15-16-17-18-20-25(33)43-23(21-41-24(32)19-6-4-2)22-42-45(39,40)44-31-29(37)27(35)26(34)28(36)30(31)38/h11-12,23,26-31,34-38H,3-10,13-22H2,1-2H3,(H,39,40)/b12-11-. The molecular formula is C31H57O13P. The molecule has 0 heterocycles. The Morgan fingerprint density at radius 3 is 1.73 bits per heavy atom. The van der Waals surface area contributed by atoms with Crippen molar-refractivity contribution in [2.75, 3.05) is 13.2 Å². The molecule has 14 heteroatoms. The fraction of sp³-hybridized carbons (Fsp3) is 0.871. The summed E-state index contributed by atoms with van der Waals surface area (Å²) in [7, 11) is -5.08. The first kappa shape index (κ1) is 41.6. The number of rotatable bonds is 25. The molecule has 0 saturated heterocycles. The van der Waals surface area contributed by atoms with Crippen LogP contribution in [0, 0.1) is 0 Å². The average Bonchev–Trinajstić information content (AvgIpc) is 3.01. The van der Waals surface area contributed by atoms with Gasteiger partial charge in [0.2, 0.25) is 0 Å². The molecule has 6 atom stereocenters. The van der Waals surface area contributed by atoms with Gasteiger partial charge in [-0.1, -0.05) is 77.4 Å². The molecule has 0 bridgehead atoms. The van der Waals surface area contributed by atoms with Crippen LogP contribution in [-0.2, 0) is 32.7 Å². The van der Waals surface area contributed by atoms with Gasteiger partial charge in [0.15, 0.2) is 6.10 Å². The van der Waals surface area contributed by atoms with Gasteiger partial charge in [0.05, 0.1) is 6.61 Å². The molecule has 6 N–H and O–H groups in total. The van der Waals surface area contributed by atoms with E-state index in [1.165, 1.54) is 32.1 Å². The van der Waals surface area contributed by atoms with Crippen LogP contribution in [-0.4, -0.2) is 98.3 Å². The predicted octanol–water partition coefficient (Wildman–Crippen LogP) is 3.60. The minimum absolute atomic E-state index is 0.0874. The summed E-state index contributed by atoms with van der Waals surface area (Å²) in [5, 5.41) is 49.5. The largest absolute Gasteiger partial charge is 0.472 e. The second-order valence-electron chi connectivity index (χ2n) is 11.7. The summed E-state index contributed by atoms with van der Waals surface area (Å²) in [6, 6.07) is 0. The molecule has 0 aromatic rings. The Balaban J connectivity index is 2.49. The van der Waals surface area contributed by atoms with Gasteiger partial charge in [0.25, 0.3) is 0 Å². The van der Waals surface area contributed by atoms with Gasteiger partial charge in [-0.3, -0.25) is 18.6 Å². The van der Waals surface area contributed by atoms with Crippen LogP contribution in [0.1, 0.15) is 117 Å². The third-order valence-electron chi connectivity index (χ3n) is 7.61. The van der Waals surface area contributed by atoms with E-state index >= 15 is 0 Å². The number of hydrogen-bond acceptors (Lipinski definition) is 12. The van der Waals surface area contributed by atoms with Crippen LogP contribution in [0.25, 0.3) is 0 Å². The lowest BCUT2D eigenvalue weighted by Crippen LogP contribution is -2.64. The summed E-state index contributed by atoms with van der Waals surface area (Å²) in [4.78, 5) is 34.6. The maximum absolute atomic E-state index is 12.6. The van der Waals surface area contributed by atoms with Gasteiger partial charge in [-0.25, -0.2) is 4.57 Å². The third-order valence-corrected chi connectivity index (χ3v) is 8.59. The second-order valence-corrected chi connectivity index (χ2v) is 13.1. The molecule has 1 fully saturated rings. The Hall–Kier alpha value is -1.41. The lowest BCUT2D eigenvalue weighted by molar-refractivity contribution is -0.220. The zero-order valence-corrected chi connectivity index (χ0v) is 27.8. The number of phosphoric acid groups is 1. The van der Waals surface area contributed by atoms with E-state index in [1.807, 2.05) is 6.92 Å². The van der Waals surface area contributed by atoms with Gasteiger partial charge in [-0.15, -0.1) is 0 Å². The number of phosphoric ester groups is 1. The van der Waals surface area contributed by atoms with Gasteiger partial charge >= 0.3 is 19.8 Å². The number of allylic oxidation sites excluding steroid dienone is 2. The molecule has 0 aromatic carbocycles. The lowest BCUT2D eigenvalue weighted by Gasteiger charge is -2.41. The molecule has 0 aromatic heterocycles. The van der Waals surface area contributed by atoms with E-state index < -0.39 is 75.7 Å². The molecule has 1 aliphatic carbocycles. The van der Waals surface area contributed by atoms with E-state index in [9.17, 15) is 44.6 Å². The molecule has 13 nitrogen and oxygen atoms in total. The Kier molecular flexibility index (Phi) is 22.0. The Morgan fingerprint density at radius 1 is 0.667 bits per heavy atom. The van der Waals surface area contributed by atoms with Crippen LogP contribution in [0.15, 0.2) is 12.2 Å². The minimum atomic E-state index is -5.08. The minimum Gasteiger partial charge on any atom is -0.462 e. The molecule has 6 unspecified atom stereocenters. The lowest BCUT2D eigenvalue weighted by atomic mass is 9.85. The molecule has 0 aliphatic heterocycles. The van der Waals surface area contributed by atoms with Crippen molar-refractivity contribution in [2.24, 2.45) is 0 Å². The van der Waals surface area contributed by atoms with Crippen molar-refractivity contribution in [2.45, 2.75) is 159 Å². The molecule has 45 heavy (non-hydrogen) atoms. The van der Waals surface area contributed by atoms with Gasteiger partial charge in [0, 0.05) is 12.8 Å². The van der Waals surface area contributed by atoms with E-state index in [1.54, 1.807) is 0 Å². The average molecular weight is 669 g/mol. The highest BCUT2D eigenvalue weighted by atomic mass is 31.2. The summed E-state index contributed by atoms with van der Waals surface area (Å²) < 4.78 is 32.7. The monoisotopic (exact) mass is 668 g/mol. The molecule has 1 rings (SSSR count). The fourth-order valence-electron chi connectivity index (χ4n) is 4.79. The van der Waals surface area contributed by atoms with Crippen molar-refractivity contribution < 1.29 is 63.1 Å². The topological polar surface area (TPSA) is 210 Å². The Bertz CT molecular complexity index is 870. The highest BCUT2D eigenvalue weighted by molar-refractivity contribution is 7.47. The SMILES string of the molecule is CCCCCCC/C=C\CCCCCCCC(=O)OC(COC(=O)CCCC)COP(=O)(O)OC1C(O)C(O)C(O)C(O)C1O. The van der Waals surface area contributed by atoms with E-state index in [4.69, 9.17) is 18.5 Å². The highest BCUT2D eigenvalue weighted by Crippen LogP contribution is 2.47. The van der Waals surface area contributed by atoms with Crippen molar-refractivity contribution in [3.05, 3.63) is 12.2 Å². The normalized spacial score (nSPS) is 25.6. The second kappa shape index (κ2) is 23.8. The summed E-state index contributed by atoms with van der Waals surface area (Å²) >= 11 is 0. The van der Waals surface area contributed by atoms with Crippen molar-refractivity contribution in [3.63, 3.8) is 0 Å². The van der Waals surface area contributed by atoms with Gasteiger partial charge in [-0.2, -0.15) is 0 Å². The summed E-state index contributed by atoms with van der Waals surface area (Å²) in [6.45, 7) is 2.93. The third kappa shape index (κ3) is 17.9. The molecular weight excluding hydrogens is 611 g/mol. The van der Waals surface area contributed by atoms with Crippen molar-refractivity contribution in [3.8, 4) is 0 Å². The first-order chi connectivity index (χ1) is 21.4. The number of ether oxygens (including phenoxy) is 2. The van der Waals surface area contributed by atoms with E-state index in [2.05, 4.69) is 19.1 Å². The van der Waals surface area contributed by atoms with Crippen LogP contribution in [0.4, 0.5) is 0 Å². The van der Waals surface area contributed by atoms with Crippen LogP contribution in [0.3, 0.4) is 0 Å². The summed E-state index contributed by atoms with van der Waals surface area (Å²) in [5.74, 6) is -1.15. The molecule has 1 saturated carbocycles. The van der Waals surface area contributed by atoms with E-state index in [0.29, 0.717) is 12.8 Å². The van der Waals surface area contributed by atoms with Crippen molar-refractivity contribution in [1.82, 2.24) is 0 Å². The van der Waals surface area contributed by atoms with Gasteiger partial charge in [-0.05, 0) is 38.5 Å². The van der Waals surface area contributed by atoms with E-state index in [0.717, 1.165) is 44.9 Å². The summed E-state index contributed by atoms with van der Waals surface area (Å²) in [6.07, 6.45) is 5.94. The van der Waals surface area contributed by atoms with Gasteiger partial charge < -0.3 is 39.9 Å². The zero-order chi connectivity index (χ0) is 33.7. The van der Waals surface area contributed by atoms with Crippen LogP contribution in [0.2, 0.25) is 0 Å². The molecule has 1 aliphatic rings. The van der Waals surface area contributed by atoms with E-state index in [-0.39, 0.29) is 12.8 Å². The zero-order valence-electron chi connectivity index (χ0n) is 26.9. The number of aliphatic hydroxyl groups is 5. The summed E-state index contributed by atoms with van der Waals surface area (Å²) in [5.41, 5.74) is 0. The maximum atomic E-state index is 12.6. The molecule has 0 amide bonds. The number of esters is 2. The number of unbranched alkanes of at least 4 members (excludes halogenated alkanes) is 11. The smallest absolute Gasteiger partial charge is 0.462 e.